The van der Waals surface area contributed by atoms with Gasteiger partial charge in [-0.3, -0.25) is 14.5 Å². The number of nitrogens with one attached hydrogen (secondary N) is 1. The molecule has 3 heterocycles. The number of amides is 1. The minimum Gasteiger partial charge on any atom is -0.319 e. The van der Waals surface area contributed by atoms with Crippen molar-refractivity contribution in [2.45, 2.75) is 13.8 Å². The molecular weight excluding hydrogens is 268 g/mol. The predicted octanol–water partition coefficient (Wildman–Crippen LogP) is 1.63. The first-order valence-electron chi connectivity index (χ1n) is 6.44. The Balaban J connectivity index is 1.89. The van der Waals surface area contributed by atoms with Crippen molar-refractivity contribution in [1.82, 2.24) is 24.7 Å². The molecule has 0 atom stereocenters. The third-order valence-corrected chi connectivity index (χ3v) is 3.13. The normalized spacial score (nSPS) is 10.8. The molecule has 0 radical (unpaired) electrons. The van der Waals surface area contributed by atoms with E-state index in [1.807, 2.05) is 27.0 Å². The summed E-state index contributed by atoms with van der Waals surface area (Å²) in [6, 6.07) is 1.85. The lowest BCUT2D eigenvalue weighted by Gasteiger charge is -2.04. The molecule has 0 saturated heterocycles. The van der Waals surface area contributed by atoms with Gasteiger partial charge in [0.15, 0.2) is 5.65 Å². The number of fused-ring (bicyclic) bond motifs is 1. The molecule has 7 heteroatoms. The second kappa shape index (κ2) is 4.93. The molecular formula is C14H14N6O. The molecule has 0 fully saturated rings. The summed E-state index contributed by atoms with van der Waals surface area (Å²) in [5, 5.41) is 7.97. The highest BCUT2D eigenvalue weighted by molar-refractivity contribution is 6.03. The van der Waals surface area contributed by atoms with E-state index in [1.165, 1.54) is 6.20 Å². The average Bonchev–Trinajstić information content (AvgIpc) is 2.74. The van der Waals surface area contributed by atoms with Crippen LogP contribution in [0.25, 0.3) is 11.0 Å². The maximum absolute atomic E-state index is 12.1. The summed E-state index contributed by atoms with van der Waals surface area (Å²) >= 11 is 0. The third-order valence-electron chi connectivity index (χ3n) is 3.13. The smallest absolute Gasteiger partial charge is 0.275 e. The predicted molar refractivity (Wildman–Crippen MR) is 78.0 cm³/mol. The highest BCUT2D eigenvalue weighted by Crippen LogP contribution is 2.19. The van der Waals surface area contributed by atoms with Gasteiger partial charge in [0.05, 0.1) is 29.5 Å². The van der Waals surface area contributed by atoms with Gasteiger partial charge in [0, 0.05) is 18.6 Å². The summed E-state index contributed by atoms with van der Waals surface area (Å²) in [7, 11) is 1.84. The molecule has 7 nitrogen and oxygen atoms in total. The van der Waals surface area contributed by atoms with Crippen LogP contribution in [0.15, 0.2) is 24.7 Å². The van der Waals surface area contributed by atoms with Gasteiger partial charge in [-0.15, -0.1) is 0 Å². The van der Waals surface area contributed by atoms with Crippen LogP contribution in [0, 0.1) is 13.8 Å². The Morgan fingerprint density at radius 1 is 1.14 bits per heavy atom. The van der Waals surface area contributed by atoms with Crippen molar-refractivity contribution < 1.29 is 4.79 Å². The van der Waals surface area contributed by atoms with Crippen molar-refractivity contribution in [2.75, 3.05) is 5.32 Å². The fourth-order valence-corrected chi connectivity index (χ4v) is 2.08. The highest BCUT2D eigenvalue weighted by atomic mass is 16.1. The monoisotopic (exact) mass is 282 g/mol. The Morgan fingerprint density at radius 3 is 2.67 bits per heavy atom. The van der Waals surface area contributed by atoms with E-state index in [9.17, 15) is 4.79 Å². The van der Waals surface area contributed by atoms with Crippen LogP contribution in [0.4, 0.5) is 5.69 Å². The molecule has 0 unspecified atom stereocenters. The van der Waals surface area contributed by atoms with Gasteiger partial charge in [-0.2, -0.15) is 5.10 Å². The fraction of sp³-hybridized carbons (Fsp3) is 0.214. The summed E-state index contributed by atoms with van der Waals surface area (Å²) < 4.78 is 1.71. The summed E-state index contributed by atoms with van der Waals surface area (Å²) in [6.45, 7) is 3.72. The molecule has 0 aliphatic heterocycles. The van der Waals surface area contributed by atoms with Crippen LogP contribution in [0.3, 0.4) is 0 Å². The standard InChI is InChI=1S/C14H14N6O/c1-8-5-16-12(7-15-8)14(21)18-10-4-11-9(2)19-20(3)13(11)17-6-10/h4-7H,1-3H3,(H,18,21). The lowest BCUT2D eigenvalue weighted by Crippen LogP contribution is -2.14. The van der Waals surface area contributed by atoms with Crippen molar-refractivity contribution >= 4 is 22.6 Å². The van der Waals surface area contributed by atoms with Gasteiger partial charge in [-0.25, -0.2) is 9.97 Å². The first-order chi connectivity index (χ1) is 10.0. The maximum Gasteiger partial charge on any atom is 0.275 e. The number of carbonyl (C=O) groups is 1. The lowest BCUT2D eigenvalue weighted by atomic mass is 10.2. The summed E-state index contributed by atoms with van der Waals surface area (Å²) in [5.41, 5.74) is 3.28. The van der Waals surface area contributed by atoms with Crippen LogP contribution in [0.5, 0.6) is 0 Å². The largest absolute Gasteiger partial charge is 0.319 e. The number of hydrogen-bond acceptors (Lipinski definition) is 5. The van der Waals surface area contributed by atoms with Crippen LogP contribution in [-0.2, 0) is 7.05 Å². The number of nitrogens with zero attached hydrogens (tertiary/aromatic N) is 5. The third kappa shape index (κ3) is 2.45. The molecule has 1 amide bonds. The molecule has 3 aromatic heterocycles. The van der Waals surface area contributed by atoms with Crippen molar-refractivity contribution in [2.24, 2.45) is 7.05 Å². The zero-order valence-corrected chi connectivity index (χ0v) is 12.0. The average molecular weight is 282 g/mol. The molecule has 3 rings (SSSR count). The van der Waals surface area contributed by atoms with Gasteiger partial charge in [0.2, 0.25) is 0 Å². The maximum atomic E-state index is 12.1. The number of aryl methyl sites for hydroxylation is 3. The van der Waals surface area contributed by atoms with E-state index in [2.05, 4.69) is 25.4 Å². The molecule has 21 heavy (non-hydrogen) atoms. The second-order valence-electron chi connectivity index (χ2n) is 4.80. The molecule has 106 valence electrons. The fourth-order valence-electron chi connectivity index (χ4n) is 2.08. The van der Waals surface area contributed by atoms with Crippen LogP contribution < -0.4 is 5.32 Å². The van der Waals surface area contributed by atoms with E-state index in [4.69, 9.17) is 0 Å². The van der Waals surface area contributed by atoms with Crippen LogP contribution in [0.1, 0.15) is 21.9 Å². The number of pyridine rings is 1. The van der Waals surface area contributed by atoms with Crippen molar-refractivity contribution in [1.29, 1.82) is 0 Å². The van der Waals surface area contributed by atoms with Crippen molar-refractivity contribution in [3.8, 4) is 0 Å². The summed E-state index contributed by atoms with van der Waals surface area (Å²) in [4.78, 5) is 24.5. The molecule has 0 aliphatic carbocycles. The summed E-state index contributed by atoms with van der Waals surface area (Å²) in [6.07, 6.45) is 4.61. The molecule has 0 saturated carbocycles. The Kier molecular flexibility index (Phi) is 3.09. The van der Waals surface area contributed by atoms with Crippen molar-refractivity contribution in [3.63, 3.8) is 0 Å². The van der Waals surface area contributed by atoms with Gasteiger partial charge >= 0.3 is 0 Å². The summed E-state index contributed by atoms with van der Waals surface area (Å²) in [5.74, 6) is -0.315. The van der Waals surface area contributed by atoms with E-state index >= 15 is 0 Å². The van der Waals surface area contributed by atoms with E-state index in [0.717, 1.165) is 22.4 Å². The van der Waals surface area contributed by atoms with E-state index in [1.54, 1.807) is 17.1 Å². The SMILES string of the molecule is Cc1cnc(C(=O)Nc2cnc3c(c2)c(C)nn3C)cn1. The van der Waals surface area contributed by atoms with Crippen LogP contribution in [0.2, 0.25) is 0 Å². The highest BCUT2D eigenvalue weighted by Gasteiger charge is 2.11. The number of hydrogen-bond donors (Lipinski definition) is 1. The second-order valence-corrected chi connectivity index (χ2v) is 4.80. The first-order valence-corrected chi connectivity index (χ1v) is 6.44. The molecule has 1 N–H and O–H groups in total. The Bertz CT molecular complexity index is 821. The molecule has 0 bridgehead atoms. The van der Waals surface area contributed by atoms with Gasteiger partial charge in [0.25, 0.3) is 5.91 Å². The zero-order chi connectivity index (χ0) is 15.0. The molecule has 0 aromatic carbocycles. The van der Waals surface area contributed by atoms with Crippen LogP contribution >= 0.6 is 0 Å². The van der Waals surface area contributed by atoms with Gasteiger partial charge in [0.1, 0.15) is 5.69 Å². The number of aromatic nitrogens is 5. The Hall–Kier alpha value is -2.83. The number of anilines is 1. The molecule has 0 spiro atoms. The van der Waals surface area contributed by atoms with Crippen LogP contribution in [-0.4, -0.2) is 30.6 Å². The van der Waals surface area contributed by atoms with Crippen molar-refractivity contribution in [3.05, 3.63) is 41.7 Å². The minimum absolute atomic E-state index is 0.267. The lowest BCUT2D eigenvalue weighted by molar-refractivity contribution is 0.102. The molecule has 0 aliphatic rings. The number of rotatable bonds is 2. The first kappa shape index (κ1) is 13.2. The van der Waals surface area contributed by atoms with Gasteiger partial charge < -0.3 is 5.32 Å². The van der Waals surface area contributed by atoms with Gasteiger partial charge in [-0.05, 0) is 19.9 Å². The minimum atomic E-state index is -0.315. The topological polar surface area (TPSA) is 85.6 Å². The Morgan fingerprint density at radius 2 is 1.95 bits per heavy atom. The van der Waals surface area contributed by atoms with E-state index in [0.29, 0.717) is 5.69 Å². The van der Waals surface area contributed by atoms with E-state index in [-0.39, 0.29) is 11.6 Å². The number of carbonyl (C=O) groups excluding carboxylic acids is 1. The quantitative estimate of drug-likeness (QED) is 0.772. The zero-order valence-electron chi connectivity index (χ0n) is 12.0. The van der Waals surface area contributed by atoms with Gasteiger partial charge in [-0.1, -0.05) is 0 Å². The van der Waals surface area contributed by atoms with E-state index < -0.39 is 0 Å². The Labute approximate surface area is 121 Å². The molecule has 3 aromatic rings.